The second-order valence-electron chi connectivity index (χ2n) is 8.79. The molecule has 2 aliphatic rings. The van der Waals surface area contributed by atoms with Gasteiger partial charge < -0.3 is 19.3 Å². The number of ether oxygens (including phenoxy) is 2. The van der Waals surface area contributed by atoms with Gasteiger partial charge in [-0.3, -0.25) is 9.59 Å². The summed E-state index contributed by atoms with van der Waals surface area (Å²) < 4.78 is 11.6. The molecule has 2 heterocycles. The van der Waals surface area contributed by atoms with Crippen molar-refractivity contribution in [3.05, 3.63) is 81.0 Å². The number of carbonyl (C=O) groups excluding carboxylic acids is 2. The Hall–Kier alpha value is -3.03. The van der Waals surface area contributed by atoms with Gasteiger partial charge in [-0.2, -0.15) is 0 Å². The minimum atomic E-state index is -0.232. The first-order valence-corrected chi connectivity index (χ1v) is 13.0. The van der Waals surface area contributed by atoms with Crippen LogP contribution in [0.1, 0.15) is 39.7 Å². The molecule has 1 saturated carbocycles. The van der Waals surface area contributed by atoms with Gasteiger partial charge in [0.25, 0.3) is 5.91 Å². The molecule has 1 aliphatic heterocycles. The van der Waals surface area contributed by atoms with Crippen LogP contribution in [0.3, 0.4) is 0 Å². The Kier molecular flexibility index (Phi) is 6.97. The fourth-order valence-electron chi connectivity index (χ4n) is 4.56. The van der Waals surface area contributed by atoms with E-state index in [0.29, 0.717) is 35.2 Å². The first kappa shape index (κ1) is 23.7. The van der Waals surface area contributed by atoms with Crippen molar-refractivity contribution >= 4 is 34.8 Å². The highest BCUT2D eigenvalue weighted by Gasteiger charge is 2.38. The molecule has 1 fully saturated rings. The molecule has 1 atom stereocenters. The molecule has 5 rings (SSSR count). The van der Waals surface area contributed by atoms with Crippen molar-refractivity contribution in [2.45, 2.75) is 31.3 Å². The highest BCUT2D eigenvalue weighted by Crippen LogP contribution is 2.36. The number of thiophene rings is 1. The minimum absolute atomic E-state index is 0.0423. The zero-order chi connectivity index (χ0) is 24.4. The van der Waals surface area contributed by atoms with Crippen molar-refractivity contribution < 1.29 is 19.1 Å². The molecule has 6 nitrogen and oxygen atoms in total. The molecular formula is C27H27ClN2O4S. The maximum absolute atomic E-state index is 13.6. The third kappa shape index (κ3) is 5.16. The van der Waals surface area contributed by atoms with E-state index in [2.05, 4.69) is 11.4 Å². The Bertz CT molecular complexity index is 1230. The SMILES string of the molecule is COc1ccccc1OCC1c2ccsc2CCN1C(=O)CN(C(=O)c1cccc(Cl)c1)C1CC1. The number of methoxy groups -OCH3 is 1. The smallest absolute Gasteiger partial charge is 0.254 e. The van der Waals surface area contributed by atoms with Gasteiger partial charge in [0, 0.05) is 28.0 Å². The van der Waals surface area contributed by atoms with Crippen LogP contribution in [0.5, 0.6) is 11.5 Å². The lowest BCUT2D eigenvalue weighted by molar-refractivity contribution is -0.135. The normalized spacial score (nSPS) is 17.0. The molecule has 2 aromatic carbocycles. The number of halogens is 1. The number of para-hydroxylation sites is 2. The highest BCUT2D eigenvalue weighted by atomic mass is 35.5. The van der Waals surface area contributed by atoms with Gasteiger partial charge in [0.05, 0.1) is 13.2 Å². The molecular weight excluding hydrogens is 484 g/mol. The zero-order valence-corrected chi connectivity index (χ0v) is 21.1. The van der Waals surface area contributed by atoms with Crippen LogP contribution in [0, 0.1) is 0 Å². The monoisotopic (exact) mass is 510 g/mol. The Labute approximate surface area is 214 Å². The maximum atomic E-state index is 13.6. The molecule has 0 bridgehead atoms. The third-order valence-corrected chi connectivity index (χ3v) is 7.74. The zero-order valence-electron chi connectivity index (χ0n) is 19.5. The molecule has 0 radical (unpaired) electrons. The first-order valence-electron chi connectivity index (χ1n) is 11.7. The Balaban J connectivity index is 1.35. The maximum Gasteiger partial charge on any atom is 0.254 e. The van der Waals surface area contributed by atoms with E-state index in [1.807, 2.05) is 29.2 Å². The summed E-state index contributed by atoms with van der Waals surface area (Å²) in [4.78, 5) is 31.8. The number of carbonyl (C=O) groups is 2. The molecule has 1 unspecified atom stereocenters. The predicted octanol–water partition coefficient (Wildman–Crippen LogP) is 5.22. The third-order valence-electron chi connectivity index (χ3n) is 6.51. The van der Waals surface area contributed by atoms with Crippen molar-refractivity contribution in [2.24, 2.45) is 0 Å². The predicted molar refractivity (Wildman–Crippen MR) is 136 cm³/mol. The van der Waals surface area contributed by atoms with E-state index in [-0.39, 0.29) is 30.4 Å². The number of nitrogens with zero attached hydrogens (tertiary/aromatic N) is 2. The standard InChI is InChI=1S/C27H27ClN2O4S/c1-33-23-7-2-3-8-24(23)34-17-22-21-12-14-35-25(21)11-13-29(22)26(31)16-30(20-9-10-20)27(32)18-5-4-6-19(28)15-18/h2-8,12,14-15,20,22H,9-11,13,16-17H2,1H3. The van der Waals surface area contributed by atoms with Crippen molar-refractivity contribution in [3.8, 4) is 11.5 Å². The summed E-state index contributed by atoms with van der Waals surface area (Å²) >= 11 is 7.82. The summed E-state index contributed by atoms with van der Waals surface area (Å²) in [7, 11) is 1.61. The largest absolute Gasteiger partial charge is 0.493 e. The summed E-state index contributed by atoms with van der Waals surface area (Å²) in [5.74, 6) is 1.07. The van der Waals surface area contributed by atoms with E-state index in [1.165, 1.54) is 4.88 Å². The van der Waals surface area contributed by atoms with Gasteiger partial charge in [0.15, 0.2) is 11.5 Å². The Morgan fingerprint density at radius 2 is 1.91 bits per heavy atom. The van der Waals surface area contributed by atoms with Crippen LogP contribution in [0.15, 0.2) is 60.0 Å². The number of rotatable bonds is 8. The molecule has 8 heteroatoms. The second-order valence-corrected chi connectivity index (χ2v) is 10.2. The quantitative estimate of drug-likeness (QED) is 0.417. The van der Waals surface area contributed by atoms with Crippen molar-refractivity contribution in [1.82, 2.24) is 9.80 Å². The van der Waals surface area contributed by atoms with Gasteiger partial charge in [0.1, 0.15) is 13.2 Å². The lowest BCUT2D eigenvalue weighted by Gasteiger charge is -2.37. The van der Waals surface area contributed by atoms with Gasteiger partial charge in [-0.05, 0) is 66.6 Å². The van der Waals surface area contributed by atoms with Gasteiger partial charge >= 0.3 is 0 Å². The molecule has 182 valence electrons. The van der Waals surface area contributed by atoms with Crippen LogP contribution in [-0.2, 0) is 11.2 Å². The molecule has 35 heavy (non-hydrogen) atoms. The molecule has 2 amide bonds. The number of amides is 2. The van der Waals surface area contributed by atoms with Gasteiger partial charge in [-0.1, -0.05) is 29.8 Å². The fraction of sp³-hybridized carbons (Fsp3) is 0.333. The molecule has 1 aliphatic carbocycles. The minimum Gasteiger partial charge on any atom is -0.493 e. The average Bonchev–Trinajstić information content (AvgIpc) is 3.61. The van der Waals surface area contributed by atoms with Crippen molar-refractivity contribution in [3.63, 3.8) is 0 Å². The fourth-order valence-corrected chi connectivity index (χ4v) is 5.68. The summed E-state index contributed by atoms with van der Waals surface area (Å²) in [6, 6.07) is 16.3. The molecule has 0 N–H and O–H groups in total. The summed E-state index contributed by atoms with van der Waals surface area (Å²) in [6.07, 6.45) is 2.62. The lowest BCUT2D eigenvalue weighted by Crippen LogP contribution is -2.48. The molecule has 0 saturated heterocycles. The molecule has 3 aromatic rings. The van der Waals surface area contributed by atoms with E-state index >= 15 is 0 Å². The first-order chi connectivity index (χ1) is 17.0. The molecule has 1 aromatic heterocycles. The number of hydrogen-bond acceptors (Lipinski definition) is 5. The van der Waals surface area contributed by atoms with Crippen molar-refractivity contribution in [2.75, 3.05) is 26.8 Å². The van der Waals surface area contributed by atoms with E-state index in [4.69, 9.17) is 21.1 Å². The Morgan fingerprint density at radius 1 is 1.11 bits per heavy atom. The van der Waals surface area contributed by atoms with Gasteiger partial charge in [0.2, 0.25) is 5.91 Å². The molecule has 0 spiro atoms. The number of fused-ring (bicyclic) bond motifs is 1. The van der Waals surface area contributed by atoms with E-state index in [9.17, 15) is 9.59 Å². The van der Waals surface area contributed by atoms with Crippen LogP contribution in [0.25, 0.3) is 0 Å². The van der Waals surface area contributed by atoms with Gasteiger partial charge in [-0.15, -0.1) is 11.3 Å². The van der Waals surface area contributed by atoms with Crippen LogP contribution in [0.4, 0.5) is 0 Å². The van der Waals surface area contributed by atoms with Crippen molar-refractivity contribution in [1.29, 1.82) is 0 Å². The highest BCUT2D eigenvalue weighted by molar-refractivity contribution is 7.10. The van der Waals surface area contributed by atoms with E-state index < -0.39 is 0 Å². The number of benzene rings is 2. The lowest BCUT2D eigenvalue weighted by atomic mass is 10.0. The van der Waals surface area contributed by atoms with Crippen LogP contribution in [0.2, 0.25) is 5.02 Å². The Morgan fingerprint density at radius 3 is 2.66 bits per heavy atom. The summed E-state index contributed by atoms with van der Waals surface area (Å²) in [5.41, 5.74) is 1.62. The van der Waals surface area contributed by atoms with Crippen LogP contribution in [-0.4, -0.2) is 54.5 Å². The van der Waals surface area contributed by atoms with Crippen LogP contribution >= 0.6 is 22.9 Å². The topological polar surface area (TPSA) is 59.1 Å². The number of hydrogen-bond donors (Lipinski definition) is 0. The van der Waals surface area contributed by atoms with Crippen LogP contribution < -0.4 is 9.47 Å². The second kappa shape index (κ2) is 10.3. The summed E-state index contributed by atoms with van der Waals surface area (Å²) in [5, 5.41) is 2.57. The van der Waals surface area contributed by atoms with Gasteiger partial charge in [-0.25, -0.2) is 0 Å². The van der Waals surface area contributed by atoms with E-state index in [0.717, 1.165) is 24.8 Å². The van der Waals surface area contributed by atoms with E-state index in [1.54, 1.807) is 47.6 Å². The average molecular weight is 511 g/mol. The summed E-state index contributed by atoms with van der Waals surface area (Å²) in [6.45, 7) is 0.943.